The zero-order chi connectivity index (χ0) is 13.8. The topological polar surface area (TPSA) is 66.6 Å². The number of nitrogens with zero attached hydrogens (tertiary/aromatic N) is 1. The van der Waals surface area contributed by atoms with Crippen molar-refractivity contribution in [3.05, 3.63) is 29.6 Å². The number of hydrogen-bond donors (Lipinski definition) is 2. The van der Waals surface area contributed by atoms with Crippen LogP contribution in [-0.4, -0.2) is 24.1 Å². The lowest BCUT2D eigenvalue weighted by molar-refractivity contribution is -0.119. The molecule has 1 aliphatic heterocycles. The summed E-state index contributed by atoms with van der Waals surface area (Å²) in [4.78, 5) is 13.0. The first kappa shape index (κ1) is 13.8. The molecule has 1 amide bonds. The van der Waals surface area contributed by atoms with E-state index in [4.69, 9.17) is 5.73 Å². The zero-order valence-corrected chi connectivity index (χ0v) is 10.8. The Labute approximate surface area is 112 Å². The molecule has 5 heteroatoms. The van der Waals surface area contributed by atoms with Gasteiger partial charge in [0, 0.05) is 30.8 Å². The van der Waals surface area contributed by atoms with Gasteiger partial charge in [-0.15, -0.1) is 0 Å². The van der Waals surface area contributed by atoms with Gasteiger partial charge < -0.3 is 15.7 Å². The molecule has 104 valence electrons. The predicted molar refractivity (Wildman–Crippen MR) is 71.1 cm³/mol. The summed E-state index contributed by atoms with van der Waals surface area (Å²) in [6.45, 7) is 1.21. The van der Waals surface area contributed by atoms with Crippen molar-refractivity contribution in [1.29, 1.82) is 0 Å². The fraction of sp³-hybridized carbons (Fsp3) is 0.500. The molecule has 1 heterocycles. The number of amides is 1. The van der Waals surface area contributed by atoms with E-state index >= 15 is 0 Å². The molecule has 0 aromatic heterocycles. The highest BCUT2D eigenvalue weighted by molar-refractivity contribution is 5.74. The maximum absolute atomic E-state index is 13.6. The molecule has 1 saturated heterocycles. The molecule has 0 unspecified atom stereocenters. The Morgan fingerprint density at radius 2 is 2.11 bits per heavy atom. The average Bonchev–Trinajstić information content (AvgIpc) is 2.38. The average molecular weight is 266 g/mol. The van der Waals surface area contributed by atoms with E-state index in [1.54, 1.807) is 6.07 Å². The largest absolute Gasteiger partial charge is 0.391 e. The van der Waals surface area contributed by atoms with Crippen LogP contribution in [0.5, 0.6) is 0 Å². The summed E-state index contributed by atoms with van der Waals surface area (Å²) in [5.41, 5.74) is 6.29. The molecule has 0 bridgehead atoms. The van der Waals surface area contributed by atoms with Crippen LogP contribution in [0.4, 0.5) is 10.1 Å². The molecular weight excluding hydrogens is 247 g/mol. The van der Waals surface area contributed by atoms with Crippen LogP contribution in [0.3, 0.4) is 0 Å². The van der Waals surface area contributed by atoms with Crippen molar-refractivity contribution in [3.8, 4) is 0 Å². The number of anilines is 1. The van der Waals surface area contributed by atoms with Gasteiger partial charge in [-0.2, -0.15) is 0 Å². The summed E-state index contributed by atoms with van der Waals surface area (Å²) >= 11 is 0. The van der Waals surface area contributed by atoms with Crippen LogP contribution in [0.1, 0.15) is 24.8 Å². The number of aliphatic hydroxyl groups is 1. The quantitative estimate of drug-likeness (QED) is 0.866. The molecule has 0 saturated carbocycles. The third kappa shape index (κ3) is 3.23. The minimum atomic E-state index is -0.376. The molecule has 1 aliphatic rings. The van der Waals surface area contributed by atoms with Gasteiger partial charge in [-0.3, -0.25) is 4.79 Å². The number of aliphatic hydroxyl groups excluding tert-OH is 1. The molecule has 1 aromatic carbocycles. The minimum absolute atomic E-state index is 0.264. The normalized spacial score (nSPS) is 16.6. The monoisotopic (exact) mass is 266 g/mol. The number of halogens is 1. The second-order valence-electron chi connectivity index (χ2n) is 5.00. The fourth-order valence-electron chi connectivity index (χ4n) is 2.66. The van der Waals surface area contributed by atoms with Crippen LogP contribution >= 0.6 is 0 Å². The van der Waals surface area contributed by atoms with Crippen molar-refractivity contribution >= 4 is 11.6 Å². The minimum Gasteiger partial charge on any atom is -0.391 e. The Morgan fingerprint density at radius 1 is 1.42 bits per heavy atom. The molecule has 1 aromatic rings. The van der Waals surface area contributed by atoms with Gasteiger partial charge in [0.2, 0.25) is 5.91 Å². The van der Waals surface area contributed by atoms with Crippen LogP contribution in [0.15, 0.2) is 18.2 Å². The third-order valence-corrected chi connectivity index (χ3v) is 3.70. The Kier molecular flexibility index (Phi) is 4.37. The lowest BCUT2D eigenvalue weighted by atomic mass is 9.92. The Balaban J connectivity index is 2.05. The van der Waals surface area contributed by atoms with Gasteiger partial charge in [-0.25, -0.2) is 4.39 Å². The number of carbonyl (C=O) groups excluding carboxylic acids is 1. The lowest BCUT2D eigenvalue weighted by Crippen LogP contribution is -2.35. The van der Waals surface area contributed by atoms with Gasteiger partial charge in [-0.05, 0) is 30.9 Å². The van der Waals surface area contributed by atoms with E-state index in [-0.39, 0.29) is 18.3 Å². The van der Waals surface area contributed by atoms with Crippen molar-refractivity contribution in [2.45, 2.75) is 25.9 Å². The van der Waals surface area contributed by atoms with Gasteiger partial charge in [0.25, 0.3) is 0 Å². The highest BCUT2D eigenvalue weighted by Crippen LogP contribution is 2.29. The van der Waals surface area contributed by atoms with Crippen LogP contribution in [-0.2, 0) is 11.4 Å². The van der Waals surface area contributed by atoms with Crippen LogP contribution in [0, 0.1) is 11.7 Å². The second kappa shape index (κ2) is 6.02. The van der Waals surface area contributed by atoms with Crippen LogP contribution < -0.4 is 10.6 Å². The molecule has 2 rings (SSSR count). The molecule has 4 nitrogen and oxygen atoms in total. The second-order valence-corrected chi connectivity index (χ2v) is 5.00. The molecule has 19 heavy (non-hydrogen) atoms. The highest BCUT2D eigenvalue weighted by atomic mass is 19.1. The predicted octanol–water partition coefficient (Wildman–Crippen LogP) is 1.41. The standard InChI is InChI=1S/C14H19FN2O2/c15-12-2-1-3-13(11(12)9-18)17-6-4-10(5-7-17)8-14(16)19/h1-3,10,18H,4-9H2,(H2,16,19). The summed E-state index contributed by atoms with van der Waals surface area (Å²) in [5.74, 6) is -0.320. The molecule has 0 atom stereocenters. The van der Waals surface area contributed by atoms with Gasteiger partial charge in [0.05, 0.1) is 6.61 Å². The van der Waals surface area contributed by atoms with E-state index in [9.17, 15) is 14.3 Å². The van der Waals surface area contributed by atoms with Crippen molar-refractivity contribution in [3.63, 3.8) is 0 Å². The molecule has 3 N–H and O–H groups in total. The number of benzene rings is 1. The van der Waals surface area contributed by atoms with Gasteiger partial charge in [0.1, 0.15) is 5.82 Å². The van der Waals surface area contributed by atoms with E-state index in [1.807, 2.05) is 6.07 Å². The number of rotatable bonds is 4. The Morgan fingerprint density at radius 3 is 2.68 bits per heavy atom. The third-order valence-electron chi connectivity index (χ3n) is 3.70. The van der Waals surface area contributed by atoms with E-state index in [2.05, 4.69) is 4.90 Å². The maximum atomic E-state index is 13.6. The number of piperidine rings is 1. The first-order valence-corrected chi connectivity index (χ1v) is 6.53. The summed E-state index contributed by atoms with van der Waals surface area (Å²) in [6, 6.07) is 4.83. The summed E-state index contributed by atoms with van der Waals surface area (Å²) in [6.07, 6.45) is 2.15. The van der Waals surface area contributed by atoms with Crippen molar-refractivity contribution in [2.75, 3.05) is 18.0 Å². The summed E-state index contributed by atoms with van der Waals surface area (Å²) in [7, 11) is 0. The van der Waals surface area contributed by atoms with E-state index in [0.717, 1.165) is 31.6 Å². The van der Waals surface area contributed by atoms with Crippen LogP contribution in [0.25, 0.3) is 0 Å². The molecule has 0 spiro atoms. The number of carbonyl (C=O) groups is 1. The number of nitrogens with two attached hydrogens (primary N) is 1. The number of primary amides is 1. The fourth-order valence-corrected chi connectivity index (χ4v) is 2.66. The van der Waals surface area contributed by atoms with Gasteiger partial charge in [0.15, 0.2) is 0 Å². The van der Waals surface area contributed by atoms with E-state index in [1.165, 1.54) is 6.07 Å². The molecule has 1 fully saturated rings. The van der Waals surface area contributed by atoms with Crippen molar-refractivity contribution in [1.82, 2.24) is 0 Å². The lowest BCUT2D eigenvalue weighted by Gasteiger charge is -2.34. The van der Waals surface area contributed by atoms with Gasteiger partial charge in [-0.1, -0.05) is 6.07 Å². The Hall–Kier alpha value is -1.62. The van der Waals surface area contributed by atoms with Crippen molar-refractivity contribution < 1.29 is 14.3 Å². The first-order chi connectivity index (χ1) is 9.11. The Bertz CT molecular complexity index is 457. The molecule has 0 aliphatic carbocycles. The van der Waals surface area contributed by atoms with Crippen molar-refractivity contribution in [2.24, 2.45) is 11.7 Å². The van der Waals surface area contributed by atoms with Gasteiger partial charge >= 0.3 is 0 Å². The molecule has 0 radical (unpaired) electrons. The first-order valence-electron chi connectivity index (χ1n) is 6.53. The van der Waals surface area contributed by atoms with Crippen LogP contribution in [0.2, 0.25) is 0 Å². The number of hydrogen-bond acceptors (Lipinski definition) is 3. The maximum Gasteiger partial charge on any atom is 0.217 e. The highest BCUT2D eigenvalue weighted by Gasteiger charge is 2.22. The smallest absolute Gasteiger partial charge is 0.217 e. The SMILES string of the molecule is NC(=O)CC1CCN(c2cccc(F)c2CO)CC1. The van der Waals surface area contributed by atoms with E-state index < -0.39 is 0 Å². The summed E-state index contributed by atoms with van der Waals surface area (Å²) < 4.78 is 13.6. The molecular formula is C14H19FN2O2. The van der Waals surface area contributed by atoms with E-state index in [0.29, 0.717) is 17.9 Å². The summed E-state index contributed by atoms with van der Waals surface area (Å²) in [5, 5.41) is 9.27. The zero-order valence-electron chi connectivity index (χ0n) is 10.8.